The van der Waals surface area contributed by atoms with Gasteiger partial charge >= 0.3 is 6.03 Å². The van der Waals surface area contributed by atoms with Crippen LogP contribution >= 0.6 is 12.2 Å². The summed E-state index contributed by atoms with van der Waals surface area (Å²) in [5, 5.41) is 9.86. The molecule has 2 aromatic carbocycles. The van der Waals surface area contributed by atoms with Gasteiger partial charge in [-0.15, -0.1) is 0 Å². The summed E-state index contributed by atoms with van der Waals surface area (Å²) in [4.78, 5) is 38.8. The highest BCUT2D eigenvalue weighted by molar-refractivity contribution is 7.80. The number of hydrogen-bond donors (Lipinski definition) is 4. The molecule has 4 N–H and O–H groups in total. The number of halogens is 2. The van der Waals surface area contributed by atoms with E-state index in [2.05, 4.69) is 21.3 Å². The lowest BCUT2D eigenvalue weighted by molar-refractivity contribution is -0.149. The maximum Gasteiger partial charge on any atom is 0.315 e. The lowest BCUT2D eigenvalue weighted by Gasteiger charge is -2.49. The standard InChI is InChI=1S/C19H14F2N4O3S/c20-11-5-1-9(2-6-11)13-19(15(26)24-18(29)25-16(19)27)14(23-17(28)22-13)10-3-7-12(21)8-4-10/h1-8,13-14H,(H2,22,23,28)(H2,24,25,26,27,29). The zero-order valence-electron chi connectivity index (χ0n) is 14.7. The molecule has 2 aromatic rings. The van der Waals surface area contributed by atoms with Gasteiger partial charge in [0, 0.05) is 0 Å². The van der Waals surface area contributed by atoms with E-state index in [1.807, 2.05) is 0 Å². The first-order chi connectivity index (χ1) is 13.8. The Hall–Kier alpha value is -3.40. The van der Waals surface area contributed by atoms with Crippen LogP contribution in [-0.4, -0.2) is 23.0 Å². The molecule has 0 aliphatic carbocycles. The van der Waals surface area contributed by atoms with Crippen molar-refractivity contribution in [3.05, 3.63) is 71.3 Å². The van der Waals surface area contributed by atoms with E-state index < -0.39 is 47.0 Å². The number of carbonyl (C=O) groups excluding carboxylic acids is 3. The third-order valence-corrected chi connectivity index (χ3v) is 5.28. The summed E-state index contributed by atoms with van der Waals surface area (Å²) in [6, 6.07) is 7.22. The second-order valence-corrected chi connectivity index (χ2v) is 7.10. The van der Waals surface area contributed by atoms with E-state index in [4.69, 9.17) is 12.2 Å². The Morgan fingerprint density at radius 3 is 1.48 bits per heavy atom. The Balaban J connectivity index is 1.93. The third-order valence-electron chi connectivity index (χ3n) is 5.07. The second kappa shape index (κ2) is 6.89. The molecule has 2 aliphatic heterocycles. The average Bonchev–Trinajstić information content (AvgIpc) is 2.67. The Morgan fingerprint density at radius 1 is 0.724 bits per heavy atom. The second-order valence-electron chi connectivity index (χ2n) is 6.69. The van der Waals surface area contributed by atoms with Crippen molar-refractivity contribution in [3.63, 3.8) is 0 Å². The molecule has 148 valence electrons. The smallest absolute Gasteiger partial charge is 0.315 e. The molecule has 7 nitrogen and oxygen atoms in total. The normalized spacial score (nSPS) is 23.1. The highest BCUT2D eigenvalue weighted by atomic mass is 32.1. The number of carbonyl (C=O) groups is 3. The fraction of sp³-hybridized carbons (Fsp3) is 0.158. The first kappa shape index (κ1) is 18.9. The SMILES string of the molecule is O=C1NC(c2ccc(F)cc2)C2(C(=O)NC(=S)NC2=O)C(c2ccc(F)cc2)N1. The number of rotatable bonds is 2. The number of hydrogen-bond acceptors (Lipinski definition) is 4. The lowest BCUT2D eigenvalue weighted by Crippen LogP contribution is -2.73. The molecule has 29 heavy (non-hydrogen) atoms. The van der Waals surface area contributed by atoms with Crippen LogP contribution in [0.25, 0.3) is 0 Å². The minimum atomic E-state index is -1.91. The van der Waals surface area contributed by atoms with E-state index in [1.54, 1.807) is 0 Å². The first-order valence-corrected chi connectivity index (χ1v) is 8.98. The fourth-order valence-corrected chi connectivity index (χ4v) is 3.96. The molecule has 0 saturated carbocycles. The fourth-order valence-electron chi connectivity index (χ4n) is 3.77. The molecule has 2 saturated heterocycles. The number of amides is 4. The summed E-state index contributed by atoms with van der Waals surface area (Å²) < 4.78 is 26.9. The quantitative estimate of drug-likeness (QED) is 0.441. The van der Waals surface area contributed by atoms with Crippen LogP contribution in [0.15, 0.2) is 48.5 Å². The van der Waals surface area contributed by atoms with Crippen molar-refractivity contribution in [1.82, 2.24) is 21.3 Å². The van der Waals surface area contributed by atoms with Crippen molar-refractivity contribution in [3.8, 4) is 0 Å². The van der Waals surface area contributed by atoms with E-state index in [9.17, 15) is 23.2 Å². The summed E-state index contributed by atoms with van der Waals surface area (Å²) in [5.74, 6) is -2.53. The Morgan fingerprint density at radius 2 is 1.10 bits per heavy atom. The highest BCUT2D eigenvalue weighted by Gasteiger charge is 2.63. The van der Waals surface area contributed by atoms with Gasteiger partial charge in [-0.1, -0.05) is 24.3 Å². The van der Waals surface area contributed by atoms with E-state index in [1.165, 1.54) is 24.3 Å². The van der Waals surface area contributed by atoms with Gasteiger partial charge in [0.05, 0.1) is 12.1 Å². The average molecular weight is 416 g/mol. The molecule has 10 heteroatoms. The van der Waals surface area contributed by atoms with Gasteiger partial charge in [0.15, 0.2) is 10.5 Å². The van der Waals surface area contributed by atoms with Gasteiger partial charge in [0.25, 0.3) is 0 Å². The Labute approximate surface area is 168 Å². The summed E-state index contributed by atoms with van der Waals surface area (Å²) in [6.45, 7) is 0. The van der Waals surface area contributed by atoms with Gasteiger partial charge < -0.3 is 21.3 Å². The van der Waals surface area contributed by atoms with Crippen LogP contribution in [0, 0.1) is 17.0 Å². The summed E-state index contributed by atoms with van der Waals surface area (Å²) in [6.07, 6.45) is 0. The molecule has 0 aromatic heterocycles. The van der Waals surface area contributed by atoms with Crippen molar-refractivity contribution >= 4 is 35.2 Å². The van der Waals surface area contributed by atoms with Crippen molar-refractivity contribution in [2.45, 2.75) is 12.1 Å². The topological polar surface area (TPSA) is 99.3 Å². The van der Waals surface area contributed by atoms with Crippen LogP contribution in [-0.2, 0) is 9.59 Å². The largest absolute Gasteiger partial charge is 0.330 e. The van der Waals surface area contributed by atoms with Gasteiger partial charge in [-0.2, -0.15) is 0 Å². The first-order valence-electron chi connectivity index (χ1n) is 8.57. The van der Waals surface area contributed by atoms with Crippen LogP contribution in [0.2, 0.25) is 0 Å². The lowest BCUT2D eigenvalue weighted by atomic mass is 9.65. The summed E-state index contributed by atoms with van der Waals surface area (Å²) in [7, 11) is 0. The maximum absolute atomic E-state index is 13.4. The molecule has 4 rings (SSSR count). The van der Waals surface area contributed by atoms with Gasteiger partial charge in [-0.05, 0) is 47.6 Å². The Kier molecular flexibility index (Phi) is 4.50. The van der Waals surface area contributed by atoms with Crippen molar-refractivity contribution in [1.29, 1.82) is 0 Å². The molecule has 4 amide bonds. The number of benzene rings is 2. The predicted octanol–water partition coefficient (Wildman–Crippen LogP) is 1.58. The third kappa shape index (κ3) is 3.01. The van der Waals surface area contributed by atoms with Crippen molar-refractivity contribution in [2.24, 2.45) is 5.41 Å². The van der Waals surface area contributed by atoms with Crippen molar-refractivity contribution in [2.75, 3.05) is 0 Å². The van der Waals surface area contributed by atoms with Gasteiger partial charge in [0.2, 0.25) is 11.8 Å². The van der Waals surface area contributed by atoms with E-state index in [0.29, 0.717) is 11.1 Å². The van der Waals surface area contributed by atoms with Crippen LogP contribution < -0.4 is 21.3 Å². The van der Waals surface area contributed by atoms with Crippen LogP contribution in [0.5, 0.6) is 0 Å². The number of thiocarbonyl (C=S) groups is 1. The van der Waals surface area contributed by atoms with Gasteiger partial charge in [0.1, 0.15) is 11.6 Å². The molecule has 1 spiro atoms. The Bertz CT molecular complexity index is 947. The van der Waals surface area contributed by atoms with Crippen LogP contribution in [0.4, 0.5) is 13.6 Å². The predicted molar refractivity (Wildman–Crippen MR) is 101 cm³/mol. The molecule has 2 unspecified atom stereocenters. The number of urea groups is 1. The zero-order chi connectivity index (χ0) is 20.8. The minimum Gasteiger partial charge on any atom is -0.330 e. The van der Waals surface area contributed by atoms with Crippen LogP contribution in [0.3, 0.4) is 0 Å². The zero-order valence-corrected chi connectivity index (χ0v) is 15.5. The molecule has 2 heterocycles. The molecule has 0 radical (unpaired) electrons. The van der Waals surface area contributed by atoms with E-state index in [-0.39, 0.29) is 5.11 Å². The molecular weight excluding hydrogens is 402 g/mol. The van der Waals surface area contributed by atoms with Crippen molar-refractivity contribution < 1.29 is 23.2 Å². The monoisotopic (exact) mass is 416 g/mol. The van der Waals surface area contributed by atoms with E-state index >= 15 is 0 Å². The molecule has 0 bridgehead atoms. The summed E-state index contributed by atoms with van der Waals surface area (Å²) in [5.41, 5.74) is -1.23. The summed E-state index contributed by atoms with van der Waals surface area (Å²) >= 11 is 4.91. The van der Waals surface area contributed by atoms with Gasteiger partial charge in [-0.25, -0.2) is 13.6 Å². The molecule has 2 aliphatic rings. The maximum atomic E-state index is 13.4. The van der Waals surface area contributed by atoms with Gasteiger partial charge in [-0.3, -0.25) is 9.59 Å². The molecular formula is C19H14F2N4O3S. The number of nitrogens with one attached hydrogen (secondary N) is 4. The van der Waals surface area contributed by atoms with Crippen LogP contribution in [0.1, 0.15) is 23.2 Å². The van der Waals surface area contributed by atoms with E-state index in [0.717, 1.165) is 24.3 Å². The minimum absolute atomic E-state index is 0.168. The molecule has 2 atom stereocenters. The highest BCUT2D eigenvalue weighted by Crippen LogP contribution is 2.48. The molecule has 2 fully saturated rings.